The van der Waals surface area contributed by atoms with Crippen LogP contribution in [0.5, 0.6) is 0 Å². The summed E-state index contributed by atoms with van der Waals surface area (Å²) in [5, 5.41) is 0. The maximum atomic E-state index is 5.33. The summed E-state index contributed by atoms with van der Waals surface area (Å²) in [5.74, 6) is 0. The summed E-state index contributed by atoms with van der Waals surface area (Å²) >= 11 is 0. The van der Waals surface area contributed by atoms with Crippen LogP contribution in [0, 0.1) is 0 Å². The zero-order valence-electron chi connectivity index (χ0n) is 22.1. The van der Waals surface area contributed by atoms with E-state index in [1.54, 1.807) is 45.6 Å². The van der Waals surface area contributed by atoms with Gasteiger partial charge in [-0.2, -0.15) is 0 Å². The Hall–Kier alpha value is 0.549. The molecule has 0 bridgehead atoms. The number of ether oxygens (including phenoxy) is 6. The van der Waals surface area contributed by atoms with Gasteiger partial charge in [-0.15, -0.1) is 0 Å². The standard InChI is InChI=1S/C12H24O6.2C4H6.C3H9O3P.Mn.Na/c1-2-14-5-6-16-9-10-18-12-11-17-8-7-15-4-3-13-1;2*1-3-4-2;1-4-7(5-2)6-3;;/h1-12H2;2*3-4H,1-2H2;1-3H3;;. The fourth-order valence-electron chi connectivity index (χ4n) is 1.54. The van der Waals surface area contributed by atoms with Crippen molar-refractivity contribution in [2.75, 3.05) is 101 Å². The molecule has 0 aromatic heterocycles. The third-order valence-corrected chi connectivity index (χ3v) is 3.91. The van der Waals surface area contributed by atoms with E-state index in [1.165, 1.54) is 0 Å². The molecule has 0 aromatic rings. The summed E-state index contributed by atoms with van der Waals surface area (Å²) in [5.41, 5.74) is 0. The first-order valence-corrected chi connectivity index (χ1v) is 11.6. The number of rotatable bonds is 5. The molecule has 0 unspecified atom stereocenters. The quantitative estimate of drug-likeness (QED) is 0.278. The molecule has 2 radical (unpaired) electrons. The molecule has 0 spiro atoms. The van der Waals surface area contributed by atoms with Crippen molar-refractivity contribution in [1.29, 1.82) is 0 Å². The molecule has 0 aliphatic carbocycles. The Balaban J connectivity index is -0.000000147. The molecule has 1 saturated heterocycles. The van der Waals surface area contributed by atoms with Crippen molar-refractivity contribution in [3.05, 3.63) is 50.6 Å². The average Bonchev–Trinajstić information content (AvgIpc) is 2.86. The normalized spacial score (nSPS) is 15.5. The smallest absolute Gasteiger partial charge is 0.331 e. The predicted molar refractivity (Wildman–Crippen MR) is 139 cm³/mol. The molecule has 1 fully saturated rings. The van der Waals surface area contributed by atoms with E-state index < -0.39 is 8.60 Å². The number of allylic oxidation sites excluding steroid dienone is 4. The Morgan fingerprint density at radius 1 is 0.457 bits per heavy atom. The van der Waals surface area contributed by atoms with Crippen LogP contribution in [-0.4, -0.2) is 130 Å². The third-order valence-electron chi connectivity index (χ3n) is 3.01. The van der Waals surface area contributed by atoms with Crippen LogP contribution in [0.4, 0.5) is 0 Å². The van der Waals surface area contributed by atoms with Crippen molar-refractivity contribution < 1.29 is 59.1 Å². The molecular formula is C23H45MnNaO9P. The van der Waals surface area contributed by atoms with Crippen molar-refractivity contribution in [2.45, 2.75) is 0 Å². The molecular weight excluding hydrogens is 529 g/mol. The van der Waals surface area contributed by atoms with Gasteiger partial charge in [0.25, 0.3) is 0 Å². The summed E-state index contributed by atoms with van der Waals surface area (Å²) in [4.78, 5) is 0. The van der Waals surface area contributed by atoms with Crippen LogP contribution in [0.3, 0.4) is 0 Å². The van der Waals surface area contributed by atoms with E-state index in [0.717, 1.165) is 0 Å². The fourth-order valence-corrected chi connectivity index (χ4v) is 1.99. The molecule has 1 aliphatic heterocycles. The van der Waals surface area contributed by atoms with E-state index in [2.05, 4.69) is 39.9 Å². The van der Waals surface area contributed by atoms with Gasteiger partial charge in [-0.3, -0.25) is 0 Å². The molecule has 12 heteroatoms. The minimum Gasteiger partial charge on any atom is -0.377 e. The average molecular weight is 575 g/mol. The van der Waals surface area contributed by atoms with Gasteiger partial charge in [0.2, 0.25) is 0 Å². The zero-order valence-corrected chi connectivity index (χ0v) is 26.2. The fraction of sp³-hybridized carbons (Fsp3) is 0.652. The molecule has 0 aromatic carbocycles. The van der Waals surface area contributed by atoms with Crippen LogP contribution in [0.2, 0.25) is 0 Å². The third kappa shape index (κ3) is 51.9. The Bertz CT molecular complexity index is 303. The first-order chi connectivity index (χ1) is 16.2. The minimum atomic E-state index is -1.05. The summed E-state index contributed by atoms with van der Waals surface area (Å²) in [6.07, 6.45) is 6.56. The summed E-state index contributed by atoms with van der Waals surface area (Å²) in [7, 11) is 3.57. The van der Waals surface area contributed by atoms with E-state index in [1.807, 2.05) is 0 Å². The van der Waals surface area contributed by atoms with Gasteiger partial charge >= 0.3 is 8.60 Å². The Kier molecular flexibility index (Phi) is 62.0. The molecule has 0 atom stereocenters. The maximum absolute atomic E-state index is 5.33. The van der Waals surface area contributed by atoms with E-state index in [9.17, 15) is 0 Å². The monoisotopic (exact) mass is 574 g/mol. The second-order valence-corrected chi connectivity index (χ2v) is 6.93. The van der Waals surface area contributed by atoms with E-state index in [-0.39, 0.29) is 46.6 Å². The molecule has 0 N–H and O–H groups in total. The van der Waals surface area contributed by atoms with Crippen LogP contribution in [-0.2, 0) is 59.1 Å². The molecule has 1 heterocycles. The van der Waals surface area contributed by atoms with Crippen LogP contribution < -0.4 is 0 Å². The van der Waals surface area contributed by atoms with Gasteiger partial charge < -0.3 is 42.0 Å². The predicted octanol–water partition coefficient (Wildman–Crippen LogP) is 3.59. The van der Waals surface area contributed by atoms with E-state index in [4.69, 9.17) is 28.4 Å². The van der Waals surface area contributed by atoms with Gasteiger partial charge in [-0.05, 0) is 0 Å². The van der Waals surface area contributed by atoms with Gasteiger partial charge in [0.15, 0.2) is 0 Å². The van der Waals surface area contributed by atoms with Crippen molar-refractivity contribution in [2.24, 2.45) is 0 Å². The molecule has 1 rings (SSSR count). The maximum Gasteiger partial charge on any atom is 0.331 e. The molecule has 204 valence electrons. The minimum absolute atomic E-state index is 0. The summed E-state index contributed by atoms with van der Waals surface area (Å²) < 4.78 is 46.0. The Labute approximate surface area is 247 Å². The number of hydrogen-bond acceptors (Lipinski definition) is 9. The van der Waals surface area contributed by atoms with Gasteiger partial charge in [0, 0.05) is 68.0 Å². The Morgan fingerprint density at radius 2 is 0.600 bits per heavy atom. The first-order valence-electron chi connectivity index (χ1n) is 10.5. The SMILES string of the molecule is C1COCCOCCOCCOCCOCCO1.C=CC=C.C=CC=C.COP(OC)OC.[Mn].[Na]. The molecule has 9 nitrogen and oxygen atoms in total. The van der Waals surface area contributed by atoms with Crippen molar-refractivity contribution in [1.82, 2.24) is 0 Å². The summed E-state index contributed by atoms with van der Waals surface area (Å²) in [6.45, 7) is 20.5. The van der Waals surface area contributed by atoms with Crippen LogP contribution in [0.15, 0.2) is 50.6 Å². The van der Waals surface area contributed by atoms with Gasteiger partial charge in [0.1, 0.15) is 0 Å². The Morgan fingerprint density at radius 3 is 0.657 bits per heavy atom. The van der Waals surface area contributed by atoms with E-state index in [0.29, 0.717) is 79.3 Å². The van der Waals surface area contributed by atoms with Crippen molar-refractivity contribution in [3.63, 3.8) is 0 Å². The second kappa shape index (κ2) is 47.7. The van der Waals surface area contributed by atoms with Gasteiger partial charge in [-0.25, -0.2) is 0 Å². The van der Waals surface area contributed by atoms with Gasteiger partial charge in [0.05, 0.1) is 79.3 Å². The van der Waals surface area contributed by atoms with E-state index >= 15 is 0 Å². The van der Waals surface area contributed by atoms with Gasteiger partial charge in [-0.1, -0.05) is 50.6 Å². The molecule has 0 amide bonds. The van der Waals surface area contributed by atoms with Crippen LogP contribution >= 0.6 is 8.60 Å². The van der Waals surface area contributed by atoms with Crippen molar-refractivity contribution >= 4 is 38.2 Å². The topological polar surface area (TPSA) is 83.1 Å². The summed E-state index contributed by atoms with van der Waals surface area (Å²) in [6, 6.07) is 0. The second-order valence-electron chi connectivity index (χ2n) is 5.39. The first kappa shape index (κ1) is 45.5. The van der Waals surface area contributed by atoms with Crippen LogP contribution in [0.25, 0.3) is 0 Å². The number of hydrogen-bond donors (Lipinski definition) is 0. The largest absolute Gasteiger partial charge is 0.377 e. The van der Waals surface area contributed by atoms with Crippen LogP contribution in [0.1, 0.15) is 0 Å². The van der Waals surface area contributed by atoms with Crippen molar-refractivity contribution in [3.8, 4) is 0 Å². The zero-order chi connectivity index (χ0) is 25.3. The molecule has 35 heavy (non-hydrogen) atoms. The molecule has 1 aliphatic rings. The molecule has 0 saturated carbocycles.